The molecule has 3 rings (SSSR count). The number of fused-ring (bicyclic) bond motifs is 1. The largest absolute Gasteiger partial charge is 0.545 e. The highest BCUT2D eigenvalue weighted by Gasteiger charge is 2.03. The number of aromatic carboxylic acids is 1. The number of carboxylic acid groups (broad SMARTS) is 1. The number of oxime groups is 1. The van der Waals surface area contributed by atoms with Crippen LogP contribution in [0.5, 0.6) is 0 Å². The summed E-state index contributed by atoms with van der Waals surface area (Å²) in [6, 6.07) is 14.2. The lowest BCUT2D eigenvalue weighted by atomic mass is 10.1. The highest BCUT2D eigenvalue weighted by atomic mass is 16.6. The van der Waals surface area contributed by atoms with Crippen LogP contribution in [0.4, 0.5) is 5.69 Å². The quantitative estimate of drug-likeness (QED) is 0.334. The number of nitrogens with one attached hydrogen (secondary N) is 1. The second-order valence-electron chi connectivity index (χ2n) is 4.81. The van der Waals surface area contributed by atoms with Crippen LogP contribution in [0.3, 0.4) is 0 Å². The number of H-pyrrole nitrogens is 1. The van der Waals surface area contributed by atoms with Gasteiger partial charge in [-0.05, 0) is 23.8 Å². The van der Waals surface area contributed by atoms with E-state index in [0.29, 0.717) is 0 Å². The number of rotatable bonds is 3. The topological polar surface area (TPSA) is 130 Å². The number of nitro benzene ring substituents is 1. The minimum Gasteiger partial charge on any atom is -0.545 e. The molecule has 8 heteroatoms. The number of hydrogen-bond donors (Lipinski definition) is 1. The van der Waals surface area contributed by atoms with Crippen molar-refractivity contribution in [2.45, 2.75) is 0 Å². The Kier molecular flexibility index (Phi) is 5.72. The fourth-order valence-electron chi connectivity index (χ4n) is 2.07. The van der Waals surface area contributed by atoms with Crippen molar-refractivity contribution < 1.29 is 25.0 Å². The summed E-state index contributed by atoms with van der Waals surface area (Å²) in [4.78, 5) is 22.8. The summed E-state index contributed by atoms with van der Waals surface area (Å²) < 4.78 is 0. The van der Waals surface area contributed by atoms with Crippen LogP contribution in [0.15, 0.2) is 65.9 Å². The average molecular weight is 339 g/mol. The lowest BCUT2D eigenvalue weighted by Gasteiger charge is -1.99. The molecule has 0 bridgehead atoms. The maximum atomic E-state index is 10.2. The number of non-ortho nitro benzene ring substituents is 1. The third-order valence-corrected chi connectivity index (χ3v) is 3.25. The fraction of sp³-hybridized carbons (Fsp3) is 0. The Morgan fingerprint density at radius 2 is 1.80 bits per heavy atom. The third kappa shape index (κ3) is 4.58. The Hall–Kier alpha value is -3.81. The second kappa shape index (κ2) is 8.16. The fourth-order valence-corrected chi connectivity index (χ4v) is 2.07. The van der Waals surface area contributed by atoms with Gasteiger partial charge in [0, 0.05) is 29.8 Å². The van der Waals surface area contributed by atoms with Crippen LogP contribution in [0.1, 0.15) is 15.9 Å². The Bertz CT molecular complexity index is 885. The molecule has 1 aromatic heterocycles. The number of carbonyl (C=O) groups excluding carboxylic acids is 1. The van der Waals surface area contributed by atoms with E-state index in [4.69, 9.17) is 5.21 Å². The molecule has 0 aliphatic carbocycles. The van der Waals surface area contributed by atoms with Gasteiger partial charge in [0.2, 0.25) is 5.52 Å². The van der Waals surface area contributed by atoms with Crippen molar-refractivity contribution in [2.24, 2.45) is 5.16 Å². The number of nitro groups is 1. The van der Waals surface area contributed by atoms with E-state index in [9.17, 15) is 20.0 Å². The lowest BCUT2D eigenvalue weighted by molar-refractivity contribution is -0.384. The second-order valence-corrected chi connectivity index (χ2v) is 4.81. The van der Waals surface area contributed by atoms with E-state index in [1.54, 1.807) is 0 Å². The van der Waals surface area contributed by atoms with Crippen molar-refractivity contribution in [3.8, 4) is 0 Å². The molecule has 0 spiro atoms. The number of nitrogens with zero attached hydrogens (tertiary/aromatic N) is 2. The number of pyridine rings is 1. The van der Waals surface area contributed by atoms with Crippen molar-refractivity contribution in [3.05, 3.63) is 82.0 Å². The Balaban J connectivity index is 0.000000181. The maximum absolute atomic E-state index is 10.2. The Morgan fingerprint density at radius 1 is 1.12 bits per heavy atom. The summed E-state index contributed by atoms with van der Waals surface area (Å²) in [5, 5.41) is 32.8. The zero-order chi connectivity index (χ0) is 18.2. The first-order valence-electron chi connectivity index (χ1n) is 7.05. The highest BCUT2D eigenvalue weighted by molar-refractivity contribution is 5.96. The molecule has 0 amide bonds. The summed E-state index contributed by atoms with van der Waals surface area (Å²) >= 11 is 0. The average Bonchev–Trinajstić information content (AvgIpc) is 2.63. The van der Waals surface area contributed by atoms with E-state index < -0.39 is 10.9 Å². The van der Waals surface area contributed by atoms with E-state index in [0.717, 1.165) is 40.7 Å². The van der Waals surface area contributed by atoms with Crippen LogP contribution in [-0.2, 0) is 0 Å². The van der Waals surface area contributed by atoms with Crippen molar-refractivity contribution in [2.75, 3.05) is 0 Å². The standard InChI is InChI=1S/C10H8N2O.C7H5NO4/c13-12-7-8-5-6-11-10-4-2-1-3-9(8)10;9-7(10)5-1-3-6(4-2-5)8(11)12/h1-7,13H;1-4H,(H,9,10)/b12-7+;. The van der Waals surface area contributed by atoms with Gasteiger partial charge >= 0.3 is 0 Å². The first kappa shape index (κ1) is 17.5. The van der Waals surface area contributed by atoms with Crippen LogP contribution in [0.25, 0.3) is 10.9 Å². The van der Waals surface area contributed by atoms with E-state index >= 15 is 0 Å². The van der Waals surface area contributed by atoms with Gasteiger partial charge in [-0.1, -0.05) is 17.3 Å². The molecule has 2 aromatic carbocycles. The minimum absolute atomic E-state index is 0.0689. The summed E-state index contributed by atoms with van der Waals surface area (Å²) in [6.07, 6.45) is 3.25. The molecule has 1 heterocycles. The first-order chi connectivity index (χ1) is 12.0. The molecule has 0 radical (unpaired) electrons. The zero-order valence-electron chi connectivity index (χ0n) is 12.8. The third-order valence-electron chi connectivity index (χ3n) is 3.25. The molecule has 0 unspecified atom stereocenters. The number of hydrogen-bond acceptors (Lipinski definition) is 6. The van der Waals surface area contributed by atoms with Crippen molar-refractivity contribution in [1.82, 2.24) is 0 Å². The van der Waals surface area contributed by atoms with Gasteiger partial charge in [0.15, 0.2) is 6.20 Å². The smallest absolute Gasteiger partial charge is 0.269 e. The zero-order valence-corrected chi connectivity index (χ0v) is 12.8. The number of para-hydroxylation sites is 1. The van der Waals surface area contributed by atoms with Crippen LogP contribution in [0, 0.1) is 10.1 Å². The van der Waals surface area contributed by atoms with Gasteiger partial charge in [-0.15, -0.1) is 0 Å². The number of aromatic amines is 1. The van der Waals surface area contributed by atoms with E-state index in [1.165, 1.54) is 6.21 Å². The molecular formula is C17H13N3O5. The maximum Gasteiger partial charge on any atom is 0.269 e. The molecule has 126 valence electrons. The van der Waals surface area contributed by atoms with Crippen molar-refractivity contribution in [3.63, 3.8) is 0 Å². The molecule has 0 saturated carbocycles. The van der Waals surface area contributed by atoms with Gasteiger partial charge in [-0.2, -0.15) is 0 Å². The van der Waals surface area contributed by atoms with E-state index in [2.05, 4.69) is 10.1 Å². The molecule has 0 fully saturated rings. The minimum atomic E-state index is -1.34. The molecule has 25 heavy (non-hydrogen) atoms. The summed E-state index contributed by atoms with van der Waals surface area (Å²) in [7, 11) is 0. The summed E-state index contributed by atoms with van der Waals surface area (Å²) in [5.74, 6) is -1.34. The monoisotopic (exact) mass is 339 g/mol. The molecular weight excluding hydrogens is 326 g/mol. The molecule has 2 N–H and O–H groups in total. The summed E-state index contributed by atoms with van der Waals surface area (Å²) in [6.45, 7) is 0. The lowest BCUT2D eigenvalue weighted by Crippen LogP contribution is -2.21. The SMILES string of the molecule is O/N=C/c1cc[nH+]c2ccccc12.O=C([O-])c1ccc([N+](=O)[O-])cc1. The van der Waals surface area contributed by atoms with Crippen LogP contribution >= 0.6 is 0 Å². The molecule has 0 aliphatic heterocycles. The number of benzene rings is 2. The van der Waals surface area contributed by atoms with Crippen LogP contribution in [0.2, 0.25) is 0 Å². The van der Waals surface area contributed by atoms with Crippen LogP contribution in [-0.4, -0.2) is 22.3 Å². The number of carbonyl (C=O) groups is 1. The van der Waals surface area contributed by atoms with Gasteiger partial charge in [0.25, 0.3) is 5.69 Å². The van der Waals surface area contributed by atoms with E-state index in [1.807, 2.05) is 36.5 Å². The van der Waals surface area contributed by atoms with Gasteiger partial charge in [0.05, 0.1) is 22.5 Å². The highest BCUT2D eigenvalue weighted by Crippen LogP contribution is 2.12. The van der Waals surface area contributed by atoms with Gasteiger partial charge < -0.3 is 15.1 Å². The first-order valence-corrected chi connectivity index (χ1v) is 7.05. The normalized spacial score (nSPS) is 10.2. The predicted octanol–water partition coefficient (Wildman–Crippen LogP) is 1.42. The molecule has 3 aromatic rings. The van der Waals surface area contributed by atoms with Gasteiger partial charge in [-0.3, -0.25) is 10.1 Å². The summed E-state index contributed by atoms with van der Waals surface area (Å²) in [5.41, 5.74) is 1.72. The number of carboxylic acids is 1. The predicted molar refractivity (Wildman–Crippen MR) is 87.3 cm³/mol. The Morgan fingerprint density at radius 3 is 2.40 bits per heavy atom. The van der Waals surface area contributed by atoms with Gasteiger partial charge in [-0.25, -0.2) is 4.98 Å². The number of aromatic nitrogens is 1. The van der Waals surface area contributed by atoms with Crippen molar-refractivity contribution in [1.29, 1.82) is 0 Å². The van der Waals surface area contributed by atoms with Crippen molar-refractivity contribution >= 4 is 28.8 Å². The Labute approximate surface area is 141 Å². The van der Waals surface area contributed by atoms with Crippen LogP contribution < -0.4 is 10.1 Å². The van der Waals surface area contributed by atoms with E-state index in [-0.39, 0.29) is 11.3 Å². The molecule has 8 nitrogen and oxygen atoms in total. The molecule has 0 atom stereocenters. The molecule has 0 aliphatic rings. The van der Waals surface area contributed by atoms with Gasteiger partial charge in [0.1, 0.15) is 0 Å². The molecule has 0 saturated heterocycles.